The Hall–Kier alpha value is -0.610. The van der Waals surface area contributed by atoms with Crippen LogP contribution in [-0.2, 0) is 4.79 Å². The van der Waals surface area contributed by atoms with Crippen molar-refractivity contribution in [1.29, 1.82) is 0 Å². The van der Waals surface area contributed by atoms with Gasteiger partial charge >= 0.3 is 0 Å². The van der Waals surface area contributed by atoms with E-state index in [0.717, 1.165) is 32.4 Å². The third kappa shape index (κ3) is 5.36. The highest BCUT2D eigenvalue weighted by atomic mass is 16.1. The van der Waals surface area contributed by atoms with E-state index in [4.69, 9.17) is 0 Å². The second kappa shape index (κ2) is 7.74. The summed E-state index contributed by atoms with van der Waals surface area (Å²) in [6.07, 6.45) is 3.30. The summed E-state index contributed by atoms with van der Waals surface area (Å²) in [6, 6.07) is 0.771. The molecular formula is C14H29N3O. The van der Waals surface area contributed by atoms with Gasteiger partial charge in [-0.2, -0.15) is 0 Å². The zero-order valence-electron chi connectivity index (χ0n) is 12.3. The monoisotopic (exact) mass is 255 g/mol. The number of nitrogens with zero attached hydrogens (tertiary/aromatic N) is 1. The molecule has 0 saturated carbocycles. The third-order valence-electron chi connectivity index (χ3n) is 3.76. The molecule has 0 aromatic heterocycles. The van der Waals surface area contributed by atoms with Gasteiger partial charge in [0.1, 0.15) is 0 Å². The van der Waals surface area contributed by atoms with E-state index in [0.29, 0.717) is 24.5 Å². The van der Waals surface area contributed by atoms with Gasteiger partial charge in [0, 0.05) is 18.6 Å². The molecule has 1 rings (SSSR count). The average Bonchev–Trinajstić information content (AvgIpc) is 2.28. The van der Waals surface area contributed by atoms with Gasteiger partial charge < -0.3 is 15.5 Å². The van der Waals surface area contributed by atoms with Crippen LogP contribution in [0.3, 0.4) is 0 Å². The van der Waals surface area contributed by atoms with Crippen molar-refractivity contribution in [1.82, 2.24) is 15.5 Å². The number of rotatable bonds is 6. The van der Waals surface area contributed by atoms with Gasteiger partial charge in [-0.1, -0.05) is 20.3 Å². The molecule has 1 aliphatic heterocycles. The maximum absolute atomic E-state index is 11.8. The van der Waals surface area contributed by atoms with E-state index in [9.17, 15) is 4.79 Å². The fourth-order valence-electron chi connectivity index (χ4n) is 2.71. The standard InChI is InChI=1S/C14H29N3O/c1-5-6-12(3)16-14(18)9-15-13-7-8-17(4)10-11(13)2/h11-13,15H,5-10H2,1-4H3,(H,16,18). The highest BCUT2D eigenvalue weighted by molar-refractivity contribution is 5.78. The summed E-state index contributed by atoms with van der Waals surface area (Å²) in [6.45, 7) is 9.15. The second-order valence-electron chi connectivity index (χ2n) is 5.77. The highest BCUT2D eigenvalue weighted by Crippen LogP contribution is 2.14. The van der Waals surface area contributed by atoms with Gasteiger partial charge in [0.15, 0.2) is 0 Å². The Kier molecular flexibility index (Phi) is 6.65. The maximum atomic E-state index is 11.8. The second-order valence-corrected chi connectivity index (χ2v) is 5.77. The van der Waals surface area contributed by atoms with Crippen LogP contribution in [0.4, 0.5) is 0 Å². The fraction of sp³-hybridized carbons (Fsp3) is 0.929. The molecule has 1 saturated heterocycles. The highest BCUT2D eigenvalue weighted by Gasteiger charge is 2.24. The Bertz CT molecular complexity index is 257. The first kappa shape index (κ1) is 15.4. The number of hydrogen-bond donors (Lipinski definition) is 2. The molecule has 2 N–H and O–H groups in total. The lowest BCUT2D eigenvalue weighted by molar-refractivity contribution is -0.121. The molecule has 1 heterocycles. The van der Waals surface area contributed by atoms with Crippen molar-refractivity contribution in [3.63, 3.8) is 0 Å². The van der Waals surface area contributed by atoms with Crippen molar-refractivity contribution in [2.45, 2.75) is 52.1 Å². The molecule has 1 fully saturated rings. The lowest BCUT2D eigenvalue weighted by atomic mass is 9.94. The minimum atomic E-state index is 0.127. The molecule has 0 aromatic carbocycles. The molecule has 0 aliphatic carbocycles. The van der Waals surface area contributed by atoms with Crippen molar-refractivity contribution in [2.75, 3.05) is 26.7 Å². The quantitative estimate of drug-likeness (QED) is 0.750. The van der Waals surface area contributed by atoms with Gasteiger partial charge in [-0.25, -0.2) is 0 Å². The van der Waals surface area contributed by atoms with Crippen LogP contribution >= 0.6 is 0 Å². The first-order chi connectivity index (χ1) is 8.52. The number of nitrogens with one attached hydrogen (secondary N) is 2. The van der Waals surface area contributed by atoms with Crippen molar-refractivity contribution >= 4 is 5.91 Å². The molecule has 1 amide bonds. The SMILES string of the molecule is CCCC(C)NC(=O)CNC1CCN(C)CC1C. The maximum Gasteiger partial charge on any atom is 0.234 e. The van der Waals surface area contributed by atoms with Crippen molar-refractivity contribution < 1.29 is 4.79 Å². The van der Waals surface area contributed by atoms with Crippen LogP contribution in [0.5, 0.6) is 0 Å². The summed E-state index contributed by atoms with van der Waals surface area (Å²) in [7, 11) is 2.16. The molecule has 3 unspecified atom stereocenters. The van der Waals surface area contributed by atoms with Crippen molar-refractivity contribution in [3.8, 4) is 0 Å². The number of amides is 1. The van der Waals surface area contributed by atoms with Crippen LogP contribution in [0.15, 0.2) is 0 Å². The summed E-state index contributed by atoms with van der Waals surface area (Å²) in [5.74, 6) is 0.742. The van der Waals surface area contributed by atoms with Crippen LogP contribution in [-0.4, -0.2) is 49.6 Å². The predicted molar refractivity (Wildman–Crippen MR) is 75.6 cm³/mol. The van der Waals surface area contributed by atoms with E-state index in [-0.39, 0.29) is 5.91 Å². The summed E-state index contributed by atoms with van der Waals surface area (Å²) in [5.41, 5.74) is 0. The van der Waals surface area contributed by atoms with Gasteiger partial charge in [0.05, 0.1) is 6.54 Å². The zero-order valence-corrected chi connectivity index (χ0v) is 12.3. The molecular weight excluding hydrogens is 226 g/mol. The topological polar surface area (TPSA) is 44.4 Å². The fourth-order valence-corrected chi connectivity index (χ4v) is 2.71. The lowest BCUT2D eigenvalue weighted by Crippen LogP contribution is -2.50. The van der Waals surface area contributed by atoms with Crippen LogP contribution in [0, 0.1) is 5.92 Å². The molecule has 0 bridgehead atoms. The van der Waals surface area contributed by atoms with Crippen LogP contribution in [0.1, 0.15) is 40.0 Å². The normalized spacial score (nSPS) is 26.9. The largest absolute Gasteiger partial charge is 0.353 e. The van der Waals surface area contributed by atoms with Crippen LogP contribution < -0.4 is 10.6 Å². The van der Waals surface area contributed by atoms with Gasteiger partial charge in [-0.05, 0) is 39.3 Å². The average molecular weight is 255 g/mol. The molecule has 18 heavy (non-hydrogen) atoms. The Labute approximate surface area is 111 Å². The first-order valence-electron chi connectivity index (χ1n) is 7.24. The summed E-state index contributed by atoms with van der Waals surface area (Å²) >= 11 is 0. The summed E-state index contributed by atoms with van der Waals surface area (Å²) < 4.78 is 0. The molecule has 3 atom stereocenters. The van der Waals surface area contributed by atoms with Gasteiger partial charge in [0.25, 0.3) is 0 Å². The van der Waals surface area contributed by atoms with E-state index in [1.54, 1.807) is 0 Å². The zero-order chi connectivity index (χ0) is 13.5. The minimum Gasteiger partial charge on any atom is -0.353 e. The van der Waals surface area contributed by atoms with Crippen LogP contribution in [0.25, 0.3) is 0 Å². The number of piperidine rings is 1. The molecule has 0 aromatic rings. The van der Waals surface area contributed by atoms with E-state index in [1.807, 2.05) is 0 Å². The van der Waals surface area contributed by atoms with E-state index < -0.39 is 0 Å². The molecule has 1 aliphatic rings. The lowest BCUT2D eigenvalue weighted by Gasteiger charge is -2.35. The Morgan fingerprint density at radius 3 is 2.83 bits per heavy atom. The van der Waals surface area contributed by atoms with Gasteiger partial charge in [0.2, 0.25) is 5.91 Å². The van der Waals surface area contributed by atoms with E-state index >= 15 is 0 Å². The number of likely N-dealkylation sites (tertiary alicyclic amines) is 1. The molecule has 106 valence electrons. The Balaban J connectivity index is 2.21. The molecule has 4 nitrogen and oxygen atoms in total. The van der Waals surface area contributed by atoms with Crippen molar-refractivity contribution in [3.05, 3.63) is 0 Å². The molecule has 0 spiro atoms. The van der Waals surface area contributed by atoms with E-state index in [1.165, 1.54) is 0 Å². The summed E-state index contributed by atoms with van der Waals surface area (Å²) in [5, 5.41) is 6.43. The van der Waals surface area contributed by atoms with Gasteiger partial charge in [-0.15, -0.1) is 0 Å². The first-order valence-corrected chi connectivity index (χ1v) is 7.24. The van der Waals surface area contributed by atoms with Crippen molar-refractivity contribution in [2.24, 2.45) is 5.92 Å². The molecule has 0 radical (unpaired) electrons. The number of carbonyl (C=O) groups is 1. The third-order valence-corrected chi connectivity index (χ3v) is 3.76. The smallest absolute Gasteiger partial charge is 0.234 e. The van der Waals surface area contributed by atoms with E-state index in [2.05, 4.69) is 43.4 Å². The van der Waals surface area contributed by atoms with Crippen LogP contribution in [0.2, 0.25) is 0 Å². The minimum absolute atomic E-state index is 0.127. The number of hydrogen-bond acceptors (Lipinski definition) is 3. The summed E-state index contributed by atoms with van der Waals surface area (Å²) in [4.78, 5) is 14.1. The predicted octanol–water partition coefficient (Wildman–Crippen LogP) is 1.22. The molecule has 4 heteroatoms. The Morgan fingerprint density at radius 1 is 1.50 bits per heavy atom. The Morgan fingerprint density at radius 2 is 2.22 bits per heavy atom. The van der Waals surface area contributed by atoms with Gasteiger partial charge in [-0.3, -0.25) is 4.79 Å². The number of carbonyl (C=O) groups excluding carboxylic acids is 1.